The molecule has 1 fully saturated rings. The van der Waals surface area contributed by atoms with Crippen molar-refractivity contribution < 1.29 is 19.0 Å². The van der Waals surface area contributed by atoms with Gasteiger partial charge in [0, 0.05) is 0 Å². The predicted molar refractivity (Wildman–Crippen MR) is 91.8 cm³/mol. The Kier molecular flexibility index (Phi) is 5.55. The fraction of sp³-hybridized carbons (Fsp3) is 0.444. The summed E-state index contributed by atoms with van der Waals surface area (Å²) in [5, 5.41) is 9.44. The molecule has 1 saturated heterocycles. The van der Waals surface area contributed by atoms with Crippen molar-refractivity contribution in [2.75, 3.05) is 19.8 Å². The van der Waals surface area contributed by atoms with E-state index in [0.29, 0.717) is 24.9 Å². The van der Waals surface area contributed by atoms with E-state index in [1.807, 2.05) is 24.3 Å². The van der Waals surface area contributed by atoms with Crippen molar-refractivity contribution in [2.24, 2.45) is 0 Å². The third-order valence-corrected chi connectivity index (χ3v) is 4.04. The molecule has 1 aliphatic rings. The van der Waals surface area contributed by atoms with E-state index in [1.54, 1.807) is 12.4 Å². The smallest absolute Gasteiger partial charge is 0.258 e. The summed E-state index contributed by atoms with van der Waals surface area (Å²) < 4.78 is 16.9. The number of benzene rings is 1. The van der Waals surface area contributed by atoms with Gasteiger partial charge in [-0.05, 0) is 17.5 Å². The lowest BCUT2D eigenvalue weighted by molar-refractivity contribution is -0.124. The van der Waals surface area contributed by atoms with Crippen molar-refractivity contribution in [3.8, 4) is 11.5 Å². The van der Waals surface area contributed by atoms with E-state index in [1.165, 1.54) is 0 Å². The summed E-state index contributed by atoms with van der Waals surface area (Å²) in [6.07, 6.45) is 3.00. The number of carbonyl (C=O) groups is 1. The summed E-state index contributed by atoms with van der Waals surface area (Å²) in [4.78, 5) is 12.2. The zero-order chi connectivity index (χ0) is 17.6. The highest BCUT2D eigenvalue weighted by atomic mass is 16.5. The van der Waals surface area contributed by atoms with Crippen LogP contribution in [0.1, 0.15) is 25.3 Å². The largest absolute Gasteiger partial charge is 0.483 e. The quantitative estimate of drug-likeness (QED) is 0.800. The Morgan fingerprint density at radius 3 is 3.00 bits per heavy atom. The molecule has 134 valence electrons. The molecule has 1 aromatic heterocycles. The van der Waals surface area contributed by atoms with Gasteiger partial charge < -0.3 is 19.5 Å². The number of nitrogens with zero attached hydrogens (tertiary/aromatic N) is 1. The number of hydrogen-bond acceptors (Lipinski definition) is 5. The molecule has 1 aromatic carbocycles. The first kappa shape index (κ1) is 17.3. The van der Waals surface area contributed by atoms with Crippen LogP contribution in [0, 0.1) is 0 Å². The summed E-state index contributed by atoms with van der Waals surface area (Å²) in [6.45, 7) is 4.98. The Balaban J connectivity index is 1.52. The molecule has 1 aliphatic heterocycles. The second kappa shape index (κ2) is 8.02. The van der Waals surface area contributed by atoms with Gasteiger partial charge in [-0.3, -0.25) is 9.89 Å². The third-order valence-electron chi connectivity index (χ3n) is 4.04. The molecule has 1 amide bonds. The minimum Gasteiger partial charge on any atom is -0.483 e. The van der Waals surface area contributed by atoms with Crippen LogP contribution in [0.4, 0.5) is 0 Å². The van der Waals surface area contributed by atoms with Gasteiger partial charge in [-0.2, -0.15) is 5.10 Å². The zero-order valence-corrected chi connectivity index (χ0v) is 14.4. The van der Waals surface area contributed by atoms with E-state index in [4.69, 9.17) is 14.2 Å². The van der Waals surface area contributed by atoms with E-state index in [9.17, 15) is 4.79 Å². The molecular formula is C18H23N3O4. The van der Waals surface area contributed by atoms with Crippen molar-refractivity contribution in [3.63, 3.8) is 0 Å². The molecule has 0 unspecified atom stereocenters. The summed E-state index contributed by atoms with van der Waals surface area (Å²) >= 11 is 0. The van der Waals surface area contributed by atoms with Gasteiger partial charge in [-0.25, -0.2) is 0 Å². The number of para-hydroxylation sites is 1. The highest BCUT2D eigenvalue weighted by molar-refractivity contribution is 5.78. The summed E-state index contributed by atoms with van der Waals surface area (Å²) in [5.74, 6) is 1.49. The Morgan fingerprint density at radius 2 is 2.24 bits per heavy atom. The third kappa shape index (κ3) is 4.51. The van der Waals surface area contributed by atoms with Gasteiger partial charge in [0.25, 0.3) is 5.91 Å². The second-order valence-corrected chi connectivity index (χ2v) is 6.28. The first-order chi connectivity index (χ1) is 12.1. The van der Waals surface area contributed by atoms with E-state index >= 15 is 0 Å². The summed E-state index contributed by atoms with van der Waals surface area (Å²) in [6, 6.07) is 7.55. The maximum absolute atomic E-state index is 12.2. The number of aromatic nitrogens is 2. The number of aromatic amines is 1. The summed E-state index contributed by atoms with van der Waals surface area (Å²) in [7, 11) is 0. The average Bonchev–Trinajstić information content (AvgIpc) is 3.26. The standard InChI is InChI=1S/C18H23N3O4/c1-12(2)14-5-3-4-6-16(14)24-11-18(22)21-15-9-23-10-17(15)25-13-7-19-20-8-13/h3-8,12,15,17H,9-11H2,1-2H3,(H,19,20)(H,21,22)/t15-,17+/m0/s1. The highest BCUT2D eigenvalue weighted by Gasteiger charge is 2.31. The lowest BCUT2D eigenvalue weighted by Gasteiger charge is -2.20. The predicted octanol–water partition coefficient (Wildman–Crippen LogP) is 1.87. The van der Waals surface area contributed by atoms with Gasteiger partial charge in [-0.1, -0.05) is 32.0 Å². The highest BCUT2D eigenvalue weighted by Crippen LogP contribution is 2.25. The van der Waals surface area contributed by atoms with Gasteiger partial charge in [0.15, 0.2) is 12.4 Å². The molecule has 25 heavy (non-hydrogen) atoms. The van der Waals surface area contributed by atoms with Crippen LogP contribution < -0.4 is 14.8 Å². The van der Waals surface area contributed by atoms with Gasteiger partial charge >= 0.3 is 0 Å². The van der Waals surface area contributed by atoms with Crippen LogP contribution in [0.15, 0.2) is 36.7 Å². The molecule has 2 atom stereocenters. The van der Waals surface area contributed by atoms with E-state index < -0.39 is 0 Å². The maximum atomic E-state index is 12.2. The Labute approximate surface area is 146 Å². The average molecular weight is 345 g/mol. The second-order valence-electron chi connectivity index (χ2n) is 6.28. The molecule has 0 radical (unpaired) electrons. The van der Waals surface area contributed by atoms with Gasteiger partial charge in [0.05, 0.1) is 31.6 Å². The Morgan fingerprint density at radius 1 is 1.40 bits per heavy atom. The first-order valence-electron chi connectivity index (χ1n) is 8.37. The van der Waals surface area contributed by atoms with Crippen LogP contribution in [0.5, 0.6) is 11.5 Å². The van der Waals surface area contributed by atoms with Crippen LogP contribution in [0.25, 0.3) is 0 Å². The number of amides is 1. The van der Waals surface area contributed by atoms with Crippen molar-refractivity contribution in [1.82, 2.24) is 15.5 Å². The monoisotopic (exact) mass is 345 g/mol. The Bertz CT molecular complexity index is 687. The molecule has 0 aliphatic carbocycles. The topological polar surface area (TPSA) is 85.5 Å². The number of rotatable bonds is 7. The van der Waals surface area contributed by atoms with Crippen molar-refractivity contribution in [2.45, 2.75) is 31.9 Å². The lowest BCUT2D eigenvalue weighted by Crippen LogP contribution is -2.46. The van der Waals surface area contributed by atoms with Crippen molar-refractivity contribution in [1.29, 1.82) is 0 Å². The maximum Gasteiger partial charge on any atom is 0.258 e. The lowest BCUT2D eigenvalue weighted by atomic mass is 10.0. The van der Waals surface area contributed by atoms with Crippen molar-refractivity contribution >= 4 is 5.91 Å². The molecule has 0 spiro atoms. The van der Waals surface area contributed by atoms with Gasteiger partial charge in [0.2, 0.25) is 0 Å². The molecule has 0 saturated carbocycles. The van der Waals surface area contributed by atoms with Crippen molar-refractivity contribution in [3.05, 3.63) is 42.2 Å². The van der Waals surface area contributed by atoms with Crippen LogP contribution >= 0.6 is 0 Å². The number of nitrogens with one attached hydrogen (secondary N) is 2. The number of ether oxygens (including phenoxy) is 3. The van der Waals surface area contributed by atoms with Crippen LogP contribution in [-0.2, 0) is 9.53 Å². The van der Waals surface area contributed by atoms with E-state index in [-0.39, 0.29) is 24.7 Å². The first-order valence-corrected chi connectivity index (χ1v) is 8.37. The Hall–Kier alpha value is -2.54. The minimum absolute atomic E-state index is 0.0430. The molecule has 2 heterocycles. The van der Waals surface area contributed by atoms with Gasteiger partial charge in [-0.15, -0.1) is 0 Å². The fourth-order valence-electron chi connectivity index (χ4n) is 2.74. The normalized spacial score (nSPS) is 19.8. The van der Waals surface area contributed by atoms with Gasteiger partial charge in [0.1, 0.15) is 11.9 Å². The number of carbonyl (C=O) groups excluding carboxylic acids is 1. The fourth-order valence-corrected chi connectivity index (χ4v) is 2.74. The molecule has 2 N–H and O–H groups in total. The molecule has 2 aromatic rings. The molecular weight excluding hydrogens is 322 g/mol. The van der Waals surface area contributed by atoms with E-state index in [0.717, 1.165) is 11.3 Å². The molecule has 7 heteroatoms. The number of hydrogen-bond donors (Lipinski definition) is 2. The zero-order valence-electron chi connectivity index (χ0n) is 14.4. The van der Waals surface area contributed by atoms with Crippen LogP contribution in [0.2, 0.25) is 0 Å². The number of H-pyrrole nitrogens is 1. The van der Waals surface area contributed by atoms with Crippen LogP contribution in [0.3, 0.4) is 0 Å². The van der Waals surface area contributed by atoms with Crippen LogP contribution in [-0.4, -0.2) is 48.1 Å². The summed E-state index contributed by atoms with van der Waals surface area (Å²) in [5.41, 5.74) is 1.08. The molecule has 3 rings (SSSR count). The molecule has 7 nitrogen and oxygen atoms in total. The van der Waals surface area contributed by atoms with E-state index in [2.05, 4.69) is 29.4 Å². The minimum atomic E-state index is -0.246. The SMILES string of the molecule is CC(C)c1ccccc1OCC(=O)N[C@H]1COC[C@H]1Oc1cn[nH]c1. The molecule has 0 bridgehead atoms.